The fourth-order valence-electron chi connectivity index (χ4n) is 2.64. The molecule has 0 atom stereocenters. The lowest BCUT2D eigenvalue weighted by atomic mass is 10.1. The number of nitrogens with zero attached hydrogens (tertiary/aromatic N) is 4. The Morgan fingerprint density at radius 1 is 1.04 bits per heavy atom. The van der Waals surface area contributed by atoms with Gasteiger partial charge in [0.15, 0.2) is 5.82 Å². The number of carbonyl (C=O) groups excluding carboxylic acids is 2. The Morgan fingerprint density at radius 2 is 1.68 bits per heavy atom. The van der Waals surface area contributed by atoms with Crippen LogP contribution in [0, 0.1) is 0 Å². The summed E-state index contributed by atoms with van der Waals surface area (Å²) < 4.78 is 0. The molecule has 1 aromatic carbocycles. The molecule has 1 N–H and O–H groups in total. The zero-order valence-electron chi connectivity index (χ0n) is 14.2. The van der Waals surface area contributed by atoms with E-state index in [1.165, 1.54) is 0 Å². The second kappa shape index (κ2) is 7.85. The van der Waals surface area contributed by atoms with Crippen molar-refractivity contribution in [1.29, 1.82) is 0 Å². The minimum Gasteiger partial charge on any atom is -0.343 e. The van der Waals surface area contributed by atoms with Crippen molar-refractivity contribution in [3.63, 3.8) is 0 Å². The van der Waals surface area contributed by atoms with Gasteiger partial charge in [-0.05, 0) is 25.2 Å². The third-order valence-electron chi connectivity index (χ3n) is 4.23. The highest BCUT2D eigenvalue weighted by atomic mass is 16.2. The monoisotopic (exact) mass is 339 g/mol. The molecule has 2 aromatic rings. The number of rotatable bonds is 4. The molecular formula is C18H21N5O2. The SMILES string of the molecule is CN1CCN(C(=O)CNC(=O)c2ccc(-c3ncccn3)cc2)CC1. The summed E-state index contributed by atoms with van der Waals surface area (Å²) in [5.74, 6) is 0.304. The van der Waals surface area contributed by atoms with Gasteiger partial charge in [-0.15, -0.1) is 0 Å². The van der Waals surface area contributed by atoms with Crippen molar-refractivity contribution in [2.75, 3.05) is 39.8 Å². The molecule has 0 spiro atoms. The van der Waals surface area contributed by atoms with Gasteiger partial charge in [-0.25, -0.2) is 9.97 Å². The van der Waals surface area contributed by atoms with Crippen LogP contribution in [0.1, 0.15) is 10.4 Å². The Morgan fingerprint density at radius 3 is 2.32 bits per heavy atom. The number of piperazine rings is 1. The van der Waals surface area contributed by atoms with Crippen LogP contribution in [0.5, 0.6) is 0 Å². The Kier molecular flexibility index (Phi) is 5.35. The first-order valence-electron chi connectivity index (χ1n) is 8.25. The van der Waals surface area contributed by atoms with Gasteiger partial charge in [-0.2, -0.15) is 0 Å². The number of carbonyl (C=O) groups is 2. The van der Waals surface area contributed by atoms with Crippen molar-refractivity contribution < 1.29 is 9.59 Å². The lowest BCUT2D eigenvalue weighted by Gasteiger charge is -2.32. The lowest BCUT2D eigenvalue weighted by molar-refractivity contribution is -0.131. The predicted octanol–water partition coefficient (Wildman–Crippen LogP) is 0.647. The van der Waals surface area contributed by atoms with E-state index in [9.17, 15) is 9.59 Å². The summed E-state index contributed by atoms with van der Waals surface area (Å²) >= 11 is 0. The summed E-state index contributed by atoms with van der Waals surface area (Å²) in [6.45, 7) is 3.16. The first-order valence-corrected chi connectivity index (χ1v) is 8.25. The molecule has 130 valence electrons. The molecule has 1 aromatic heterocycles. The highest BCUT2D eigenvalue weighted by molar-refractivity contribution is 5.96. The number of likely N-dealkylation sites (N-methyl/N-ethyl adjacent to an activating group) is 1. The molecule has 2 heterocycles. The van der Waals surface area contributed by atoms with Crippen LogP contribution in [-0.4, -0.2) is 71.4 Å². The normalized spacial score (nSPS) is 15.0. The fraction of sp³-hybridized carbons (Fsp3) is 0.333. The average Bonchev–Trinajstić information content (AvgIpc) is 2.67. The second-order valence-electron chi connectivity index (χ2n) is 6.02. The molecule has 3 rings (SSSR count). The van der Waals surface area contributed by atoms with Crippen molar-refractivity contribution >= 4 is 11.8 Å². The maximum atomic E-state index is 12.2. The van der Waals surface area contributed by atoms with Crippen LogP contribution in [0.15, 0.2) is 42.7 Å². The zero-order chi connectivity index (χ0) is 17.6. The molecule has 1 aliphatic rings. The number of benzene rings is 1. The first-order chi connectivity index (χ1) is 12.1. The maximum absolute atomic E-state index is 12.2. The van der Waals surface area contributed by atoms with Gasteiger partial charge in [-0.3, -0.25) is 9.59 Å². The van der Waals surface area contributed by atoms with E-state index in [-0.39, 0.29) is 18.4 Å². The minimum absolute atomic E-state index is 0.0199. The summed E-state index contributed by atoms with van der Waals surface area (Å²) in [5.41, 5.74) is 1.34. The van der Waals surface area contributed by atoms with Gasteiger partial charge in [0.2, 0.25) is 5.91 Å². The number of nitrogens with one attached hydrogen (secondary N) is 1. The molecule has 0 aliphatic carbocycles. The van der Waals surface area contributed by atoms with E-state index in [2.05, 4.69) is 20.2 Å². The van der Waals surface area contributed by atoms with Crippen molar-refractivity contribution in [2.45, 2.75) is 0 Å². The van der Waals surface area contributed by atoms with E-state index in [1.807, 2.05) is 7.05 Å². The van der Waals surface area contributed by atoms with Crippen LogP contribution in [0.3, 0.4) is 0 Å². The highest BCUT2D eigenvalue weighted by Crippen LogP contribution is 2.14. The molecule has 0 radical (unpaired) electrons. The maximum Gasteiger partial charge on any atom is 0.251 e. The van der Waals surface area contributed by atoms with E-state index in [1.54, 1.807) is 47.6 Å². The molecule has 25 heavy (non-hydrogen) atoms. The Hall–Kier alpha value is -2.80. The molecule has 0 bridgehead atoms. The highest BCUT2D eigenvalue weighted by Gasteiger charge is 2.19. The number of hydrogen-bond donors (Lipinski definition) is 1. The Bertz CT molecular complexity index is 725. The van der Waals surface area contributed by atoms with Gasteiger partial charge in [0.1, 0.15) is 0 Å². The van der Waals surface area contributed by atoms with Crippen LogP contribution < -0.4 is 5.32 Å². The van der Waals surface area contributed by atoms with Gasteiger partial charge in [-0.1, -0.05) is 12.1 Å². The average molecular weight is 339 g/mol. The molecule has 0 saturated carbocycles. The molecule has 1 aliphatic heterocycles. The zero-order valence-corrected chi connectivity index (χ0v) is 14.2. The molecule has 7 nitrogen and oxygen atoms in total. The van der Waals surface area contributed by atoms with Crippen molar-refractivity contribution in [2.24, 2.45) is 0 Å². The lowest BCUT2D eigenvalue weighted by Crippen LogP contribution is -2.50. The van der Waals surface area contributed by atoms with E-state index in [4.69, 9.17) is 0 Å². The molecular weight excluding hydrogens is 318 g/mol. The number of amides is 2. The van der Waals surface area contributed by atoms with Gasteiger partial charge >= 0.3 is 0 Å². The van der Waals surface area contributed by atoms with Crippen LogP contribution in [-0.2, 0) is 4.79 Å². The number of aromatic nitrogens is 2. The van der Waals surface area contributed by atoms with E-state index in [0.717, 1.165) is 18.7 Å². The largest absolute Gasteiger partial charge is 0.343 e. The van der Waals surface area contributed by atoms with E-state index >= 15 is 0 Å². The van der Waals surface area contributed by atoms with Crippen LogP contribution >= 0.6 is 0 Å². The second-order valence-corrected chi connectivity index (χ2v) is 6.02. The summed E-state index contributed by atoms with van der Waals surface area (Å²) in [6.07, 6.45) is 3.35. The third-order valence-corrected chi connectivity index (χ3v) is 4.23. The summed E-state index contributed by atoms with van der Waals surface area (Å²) in [4.78, 5) is 36.7. The summed E-state index contributed by atoms with van der Waals surface area (Å²) in [5, 5.41) is 2.69. The van der Waals surface area contributed by atoms with Crippen molar-refractivity contribution in [3.8, 4) is 11.4 Å². The van der Waals surface area contributed by atoms with Crippen LogP contribution in [0.25, 0.3) is 11.4 Å². The standard InChI is InChI=1S/C18H21N5O2/c1-22-9-11-23(12-10-22)16(24)13-21-18(25)15-5-3-14(4-6-15)17-19-7-2-8-20-17/h2-8H,9-13H2,1H3,(H,21,25). The smallest absolute Gasteiger partial charge is 0.251 e. The number of hydrogen-bond acceptors (Lipinski definition) is 5. The van der Waals surface area contributed by atoms with Crippen molar-refractivity contribution in [1.82, 2.24) is 25.1 Å². The molecule has 2 amide bonds. The Balaban J connectivity index is 1.54. The van der Waals surface area contributed by atoms with Crippen LogP contribution in [0.2, 0.25) is 0 Å². The predicted molar refractivity (Wildman–Crippen MR) is 93.9 cm³/mol. The van der Waals surface area contributed by atoms with Crippen LogP contribution in [0.4, 0.5) is 0 Å². The Labute approximate surface area is 146 Å². The summed E-state index contributed by atoms with van der Waals surface area (Å²) in [7, 11) is 2.04. The third kappa shape index (κ3) is 4.39. The summed E-state index contributed by atoms with van der Waals surface area (Å²) in [6, 6.07) is 8.77. The van der Waals surface area contributed by atoms with Gasteiger partial charge < -0.3 is 15.1 Å². The first kappa shape index (κ1) is 17.0. The minimum atomic E-state index is -0.261. The molecule has 1 saturated heterocycles. The van der Waals surface area contributed by atoms with E-state index < -0.39 is 0 Å². The molecule has 7 heteroatoms. The van der Waals surface area contributed by atoms with Gasteiger partial charge in [0.25, 0.3) is 5.91 Å². The topological polar surface area (TPSA) is 78.4 Å². The quantitative estimate of drug-likeness (QED) is 0.885. The van der Waals surface area contributed by atoms with Crippen molar-refractivity contribution in [3.05, 3.63) is 48.3 Å². The molecule has 0 unspecified atom stereocenters. The van der Waals surface area contributed by atoms with Gasteiger partial charge in [0.05, 0.1) is 6.54 Å². The van der Waals surface area contributed by atoms with Gasteiger partial charge in [0, 0.05) is 49.7 Å². The molecule has 1 fully saturated rings. The fourth-order valence-corrected chi connectivity index (χ4v) is 2.64. The van der Waals surface area contributed by atoms with E-state index in [0.29, 0.717) is 24.5 Å².